The molecule has 6 nitrogen and oxygen atoms in total. The molecule has 0 aliphatic carbocycles. The number of anilines is 1. The molecule has 1 fully saturated rings. The topological polar surface area (TPSA) is 88.1 Å². The van der Waals surface area contributed by atoms with Gasteiger partial charge in [-0.2, -0.15) is 5.10 Å². The standard InChI is InChI=1S/C22H22Cl2N4O2S/c1-2-3-9-17(14-7-5-4-6-8-14)26-27-22(25)31-19-13-20(29)28(21(19)30)18-12-15(23)10-11-16(18)24/h4-8,10-12,19H,2-3,9,13H2,1H3,(H2,25,27). The van der Waals surface area contributed by atoms with E-state index in [9.17, 15) is 9.59 Å². The van der Waals surface area contributed by atoms with Gasteiger partial charge in [0.25, 0.3) is 0 Å². The normalized spacial score (nSPS) is 17.5. The number of carbonyl (C=O) groups excluding carboxylic acids is 2. The van der Waals surface area contributed by atoms with Gasteiger partial charge in [-0.25, -0.2) is 4.90 Å². The van der Waals surface area contributed by atoms with Crippen LogP contribution in [0.15, 0.2) is 58.7 Å². The van der Waals surface area contributed by atoms with Crippen LogP contribution in [0.2, 0.25) is 10.0 Å². The van der Waals surface area contributed by atoms with Crippen LogP contribution in [0, 0.1) is 0 Å². The third-order valence-corrected chi connectivity index (χ3v) is 6.19. The van der Waals surface area contributed by atoms with E-state index < -0.39 is 11.2 Å². The minimum atomic E-state index is -0.697. The molecule has 1 heterocycles. The van der Waals surface area contributed by atoms with Crippen LogP contribution in [0.5, 0.6) is 0 Å². The molecule has 1 atom stereocenters. The van der Waals surface area contributed by atoms with Crippen LogP contribution in [0.25, 0.3) is 0 Å². The van der Waals surface area contributed by atoms with Crippen LogP contribution in [0.3, 0.4) is 0 Å². The van der Waals surface area contributed by atoms with E-state index in [-0.39, 0.29) is 28.2 Å². The first-order chi connectivity index (χ1) is 14.9. The second-order valence-electron chi connectivity index (χ2n) is 6.93. The fourth-order valence-corrected chi connectivity index (χ4v) is 4.29. The van der Waals surface area contributed by atoms with Crippen molar-refractivity contribution in [2.75, 3.05) is 4.90 Å². The molecule has 0 radical (unpaired) electrons. The first kappa shape index (κ1) is 23.3. The van der Waals surface area contributed by atoms with Gasteiger partial charge in [-0.3, -0.25) is 9.59 Å². The molecule has 0 saturated carbocycles. The van der Waals surface area contributed by atoms with E-state index in [0.29, 0.717) is 5.02 Å². The summed E-state index contributed by atoms with van der Waals surface area (Å²) in [6.07, 6.45) is 2.76. The van der Waals surface area contributed by atoms with Gasteiger partial charge in [0, 0.05) is 11.4 Å². The van der Waals surface area contributed by atoms with E-state index in [1.54, 1.807) is 12.1 Å². The first-order valence-corrected chi connectivity index (χ1v) is 11.5. The van der Waals surface area contributed by atoms with Crippen molar-refractivity contribution in [1.82, 2.24) is 0 Å². The zero-order valence-electron chi connectivity index (χ0n) is 16.9. The van der Waals surface area contributed by atoms with E-state index in [2.05, 4.69) is 17.1 Å². The average Bonchev–Trinajstić information content (AvgIpc) is 3.03. The zero-order valence-corrected chi connectivity index (χ0v) is 19.3. The number of nitrogens with two attached hydrogens (primary N) is 1. The van der Waals surface area contributed by atoms with Crippen molar-refractivity contribution in [2.45, 2.75) is 37.9 Å². The third kappa shape index (κ3) is 5.87. The molecule has 2 aromatic carbocycles. The average molecular weight is 477 g/mol. The van der Waals surface area contributed by atoms with Crippen LogP contribution in [0.1, 0.15) is 38.2 Å². The maximum atomic E-state index is 12.9. The van der Waals surface area contributed by atoms with Gasteiger partial charge < -0.3 is 5.73 Å². The summed E-state index contributed by atoms with van der Waals surface area (Å²) in [6, 6.07) is 14.4. The maximum Gasteiger partial charge on any atom is 0.247 e. The number of hydrogen-bond donors (Lipinski definition) is 1. The number of amidine groups is 1. The molecular weight excluding hydrogens is 455 g/mol. The first-order valence-electron chi connectivity index (χ1n) is 9.84. The number of amides is 2. The molecule has 162 valence electrons. The van der Waals surface area contributed by atoms with Crippen molar-refractivity contribution in [1.29, 1.82) is 0 Å². The van der Waals surface area contributed by atoms with Crippen LogP contribution < -0.4 is 10.6 Å². The summed E-state index contributed by atoms with van der Waals surface area (Å²) in [5.74, 6) is -0.772. The van der Waals surface area contributed by atoms with Crippen LogP contribution in [-0.2, 0) is 9.59 Å². The molecular formula is C22H22Cl2N4O2S. The number of carbonyl (C=O) groups is 2. The van der Waals surface area contributed by atoms with E-state index in [4.69, 9.17) is 28.9 Å². The second kappa shape index (κ2) is 10.8. The van der Waals surface area contributed by atoms with Gasteiger partial charge in [-0.1, -0.05) is 78.6 Å². The lowest BCUT2D eigenvalue weighted by Crippen LogP contribution is -2.32. The van der Waals surface area contributed by atoms with Gasteiger partial charge in [0.15, 0.2) is 5.17 Å². The van der Waals surface area contributed by atoms with E-state index in [1.807, 2.05) is 30.3 Å². The molecule has 1 unspecified atom stereocenters. The van der Waals surface area contributed by atoms with Crippen molar-refractivity contribution in [3.05, 3.63) is 64.1 Å². The number of benzene rings is 2. The van der Waals surface area contributed by atoms with Crippen molar-refractivity contribution in [2.24, 2.45) is 15.9 Å². The molecule has 2 N–H and O–H groups in total. The van der Waals surface area contributed by atoms with E-state index in [0.717, 1.165) is 47.2 Å². The van der Waals surface area contributed by atoms with Crippen molar-refractivity contribution in [3.8, 4) is 0 Å². The molecule has 0 bridgehead atoms. The number of rotatable bonds is 7. The predicted molar refractivity (Wildman–Crippen MR) is 129 cm³/mol. The van der Waals surface area contributed by atoms with Crippen LogP contribution in [0.4, 0.5) is 5.69 Å². The summed E-state index contributed by atoms with van der Waals surface area (Å²) in [5.41, 5.74) is 8.11. The lowest BCUT2D eigenvalue weighted by atomic mass is 10.1. The van der Waals surface area contributed by atoms with E-state index in [1.165, 1.54) is 6.07 Å². The minimum Gasteiger partial charge on any atom is -0.377 e. The Kier molecular flexibility index (Phi) is 8.12. The Hall–Kier alpha value is -2.35. The van der Waals surface area contributed by atoms with Gasteiger partial charge >= 0.3 is 0 Å². The highest BCUT2D eigenvalue weighted by molar-refractivity contribution is 8.14. The van der Waals surface area contributed by atoms with Crippen LogP contribution >= 0.6 is 35.0 Å². The van der Waals surface area contributed by atoms with Gasteiger partial charge in [0.05, 0.1) is 16.4 Å². The largest absolute Gasteiger partial charge is 0.377 e. The fourth-order valence-electron chi connectivity index (χ4n) is 3.11. The lowest BCUT2D eigenvalue weighted by molar-refractivity contribution is -0.121. The molecule has 1 aliphatic heterocycles. The van der Waals surface area contributed by atoms with Gasteiger partial charge in [0.1, 0.15) is 5.25 Å². The Bertz CT molecular complexity index is 1030. The van der Waals surface area contributed by atoms with E-state index >= 15 is 0 Å². The van der Waals surface area contributed by atoms with Gasteiger partial charge in [0.2, 0.25) is 11.8 Å². The molecule has 3 rings (SSSR count). The molecule has 1 saturated heterocycles. The maximum absolute atomic E-state index is 12.9. The summed E-state index contributed by atoms with van der Waals surface area (Å²) in [4.78, 5) is 26.4. The Balaban J connectivity index is 1.76. The number of thioether (sulfide) groups is 1. The summed E-state index contributed by atoms with van der Waals surface area (Å²) in [5, 5.41) is 8.53. The third-order valence-electron chi connectivity index (χ3n) is 4.66. The Morgan fingerprint density at radius 2 is 1.90 bits per heavy atom. The second-order valence-corrected chi connectivity index (χ2v) is 8.99. The monoisotopic (exact) mass is 476 g/mol. The predicted octanol–water partition coefficient (Wildman–Crippen LogP) is 5.27. The number of unbranched alkanes of at least 4 members (excludes halogenated alkanes) is 1. The zero-order chi connectivity index (χ0) is 22.4. The Morgan fingerprint density at radius 1 is 1.16 bits per heavy atom. The summed E-state index contributed by atoms with van der Waals surface area (Å²) in [6.45, 7) is 2.11. The molecule has 31 heavy (non-hydrogen) atoms. The molecule has 2 aromatic rings. The van der Waals surface area contributed by atoms with Crippen LogP contribution in [-0.4, -0.2) is 27.9 Å². The molecule has 0 spiro atoms. The SMILES string of the molecule is CCCCC(=NN=C(N)SC1CC(=O)N(c2cc(Cl)ccc2Cl)C1=O)c1ccccc1. The molecule has 2 amide bonds. The molecule has 0 aromatic heterocycles. The smallest absolute Gasteiger partial charge is 0.247 e. The summed E-state index contributed by atoms with van der Waals surface area (Å²) < 4.78 is 0. The fraction of sp³-hybridized carbons (Fsp3) is 0.273. The molecule has 1 aliphatic rings. The van der Waals surface area contributed by atoms with Gasteiger partial charge in [-0.05, 0) is 36.6 Å². The number of nitrogens with zero attached hydrogens (tertiary/aromatic N) is 3. The van der Waals surface area contributed by atoms with Crippen molar-refractivity contribution in [3.63, 3.8) is 0 Å². The molecule has 9 heteroatoms. The number of imide groups is 1. The quantitative estimate of drug-likeness (QED) is 0.255. The summed E-state index contributed by atoms with van der Waals surface area (Å²) in [7, 11) is 0. The van der Waals surface area contributed by atoms with Crippen molar-refractivity contribution < 1.29 is 9.59 Å². The minimum absolute atomic E-state index is 0.00630. The Morgan fingerprint density at radius 3 is 2.61 bits per heavy atom. The highest BCUT2D eigenvalue weighted by Crippen LogP contribution is 2.35. The Labute approximate surface area is 195 Å². The highest BCUT2D eigenvalue weighted by Gasteiger charge is 2.41. The number of hydrogen-bond acceptors (Lipinski definition) is 5. The highest BCUT2D eigenvalue weighted by atomic mass is 35.5. The number of halogens is 2. The van der Waals surface area contributed by atoms with Crippen molar-refractivity contribution >= 4 is 63.3 Å². The lowest BCUT2D eigenvalue weighted by Gasteiger charge is -2.16. The van der Waals surface area contributed by atoms with Gasteiger partial charge in [-0.15, -0.1) is 5.10 Å². The summed E-state index contributed by atoms with van der Waals surface area (Å²) >= 11 is 13.2.